The number of nitro benzene ring substituents is 2. The molecule has 127 heavy (non-hydrogen) atoms. The summed E-state index contributed by atoms with van der Waals surface area (Å²) in [4.78, 5) is 59.3. The van der Waals surface area contributed by atoms with Gasteiger partial charge in [-0.1, -0.05) is 319 Å². The van der Waals surface area contributed by atoms with Crippen molar-refractivity contribution in [3.8, 4) is 33.9 Å². The standard InChI is InChI=1S/C26H27N5OS.C19H22BrNOS.C10H12BrNO2S.C10H14BrNS.C9H10O2.C7H7BN4O2.C6H3BrFNO2.C4H10S.CH4.Zn/c1-17-9-11-18(12-10-17)15-24(32)27-22-16-19(13-14-23(22)33-26(2,3)4)20-7-5-6-8-21(20)25-28-30-31-29-25;1-13-5-7-14(8-6-13)11-18(22)21-16-12-15(20)9-10-17(16)23-19(2,3)4;1-10(2,3)15-9-5-4-7(11)6-8(9)12(13)14;1-10(2,3)13-9-5-4-7(11)6-8(9)12;1-7-2-4-8(5-3-7)6-9(10)11;13-8(14)6-4-2-1-3-5(6)7-9-11-12-10-7;7-4-1-2-5(8)6(3-4)9(10)11;1-4(2,3)5;;/h5-14,16H,15H2,1-4H3,(H,27,32)(H,28,29,30,31);5-10,12H,11H2,1-4H3,(H,21,22);4-6H,1-3H3;4-6H,12H2,1-3H3;2-5H,6H2,1H3,(H,10,11);1-4,13-14H,(H,9,10,11,12);1-3H;5H,1-3H3;1H4;. The predicted octanol–water partition coefficient (Wildman–Crippen LogP) is 24.9. The molecule has 2 aromatic heterocycles. The van der Waals surface area contributed by atoms with Crippen molar-refractivity contribution in [2.45, 2.75) is 195 Å². The smallest absolute Gasteiger partial charge is 0.481 e. The number of nitrogens with two attached hydrogens (primary N) is 1. The summed E-state index contributed by atoms with van der Waals surface area (Å²) in [7, 11) is -1.54. The van der Waals surface area contributed by atoms with E-state index < -0.39 is 29.5 Å². The maximum absolute atomic E-state index is 12.9. The van der Waals surface area contributed by atoms with E-state index in [1.54, 1.807) is 65.6 Å². The first-order chi connectivity index (χ1) is 58.3. The minimum atomic E-state index is -1.54. The molecule has 0 unspecified atom stereocenters. The van der Waals surface area contributed by atoms with Gasteiger partial charge in [0.1, 0.15) is 0 Å². The summed E-state index contributed by atoms with van der Waals surface area (Å²) in [5, 5.41) is 81.4. The number of H-pyrrole nitrogens is 2. The Hall–Kier alpha value is -8.44. The van der Waals surface area contributed by atoms with Crippen LogP contribution < -0.4 is 21.8 Å². The summed E-state index contributed by atoms with van der Waals surface area (Å²) in [6.45, 7) is 37.8. The van der Waals surface area contributed by atoms with Crippen LogP contribution in [0.4, 0.5) is 32.8 Å². The Morgan fingerprint density at radius 3 is 1.20 bits per heavy atom. The monoisotopic (exact) mass is 2130 g/mol. The number of aryl methyl sites for hydroxylation is 3. The molecule has 0 atom stereocenters. The van der Waals surface area contributed by atoms with Crippen LogP contribution in [-0.4, -0.2) is 115 Å². The SMILES string of the molecule is C.CC(C)(C)S.CC(C)(C)Sc1ccc(Br)cc1N.CC(C)(C)Sc1ccc(Br)cc1[N+](=O)[O-].Cc1ccc(CC(=O)Nc2cc(-c3ccccc3-c3nn[nH]n3)ccc2SC(C)(C)C)cc1.Cc1ccc(CC(=O)Nc2cc(Br)ccc2SC(C)(C)C)cc1.Cc1ccc(CC(=O)O)cc1.O=[N+]([O-])c1cc(Br)ccc1F.OB(O)c1ccccc1-c1nn[nH]n1.[Zn]. The third-order valence-corrected chi connectivity index (χ3v) is 22.2. The molecule has 0 aliphatic rings. The van der Waals surface area contributed by atoms with Crippen molar-refractivity contribution in [1.29, 1.82) is 0 Å². The molecule has 2 amide bonds. The van der Waals surface area contributed by atoms with E-state index in [0.29, 0.717) is 44.9 Å². The molecule has 0 bridgehead atoms. The third-order valence-electron chi connectivity index (χ3n) is 15.4. The fourth-order valence-corrected chi connectivity index (χ4v) is 15.8. The maximum Gasteiger partial charge on any atom is 0.489 e. The number of nitrogen functional groups attached to an aromatic ring is 1. The van der Waals surface area contributed by atoms with Gasteiger partial charge in [0.2, 0.25) is 29.3 Å². The van der Waals surface area contributed by atoms with Crippen LogP contribution in [0.5, 0.6) is 0 Å². The summed E-state index contributed by atoms with van der Waals surface area (Å²) >= 11 is 24.0. The fourth-order valence-electron chi connectivity index (χ4n) is 10.3. The van der Waals surface area contributed by atoms with Gasteiger partial charge in [-0.25, -0.2) is 0 Å². The van der Waals surface area contributed by atoms with E-state index in [1.165, 1.54) is 35.0 Å². The molecule has 0 radical (unpaired) electrons. The number of benzene rings is 10. The van der Waals surface area contributed by atoms with Gasteiger partial charge in [-0.2, -0.15) is 27.4 Å². The Bertz CT molecular complexity index is 5490. The van der Waals surface area contributed by atoms with Crippen LogP contribution in [0.3, 0.4) is 0 Å². The Labute approximate surface area is 813 Å². The number of aromatic amines is 2. The van der Waals surface area contributed by atoms with Crippen LogP contribution in [-0.2, 0) is 53.1 Å². The molecule has 10 aromatic carbocycles. The van der Waals surface area contributed by atoms with Gasteiger partial charge in [-0.3, -0.25) is 34.6 Å². The maximum atomic E-state index is 12.9. The second kappa shape index (κ2) is 53.6. The Balaban J connectivity index is 0.000000392. The zero-order valence-corrected chi connectivity index (χ0v) is 86.9. The summed E-state index contributed by atoms with van der Waals surface area (Å²) in [6.07, 6.45) is 0.816. The average Bonchev–Trinajstić information content (AvgIpc) is 1.73. The van der Waals surface area contributed by atoms with Crippen LogP contribution in [0.2, 0.25) is 0 Å². The largest absolute Gasteiger partial charge is 0.489 e. The van der Waals surface area contributed by atoms with Crippen LogP contribution in [0, 0.1) is 46.8 Å². The van der Waals surface area contributed by atoms with Crippen molar-refractivity contribution in [3.63, 3.8) is 0 Å². The molecule has 9 N–H and O–H groups in total. The number of anilines is 3. The van der Waals surface area contributed by atoms with Gasteiger partial charge in [0, 0.05) is 105 Å². The number of carbonyl (C=O) groups is 3. The summed E-state index contributed by atoms with van der Waals surface area (Å²) in [5.41, 5.74) is 18.1. The van der Waals surface area contributed by atoms with Crippen LogP contribution in [0.15, 0.2) is 250 Å². The van der Waals surface area contributed by atoms with E-state index in [0.717, 1.165) is 96.2 Å². The number of thioether (sulfide) groups is 4. The number of rotatable bonds is 18. The topological polar surface area (TPSA) is 357 Å². The first kappa shape index (κ1) is 113. The molecular formula is C92H109BBr4FN13O10S5Zn. The number of carboxylic acid groups (broad SMARTS) is 1. The average molecular weight is 2130 g/mol. The van der Waals surface area contributed by atoms with Gasteiger partial charge in [-0.05, 0) is 137 Å². The zero-order valence-electron chi connectivity index (χ0n) is 73.4. The Morgan fingerprint density at radius 1 is 0.472 bits per heavy atom. The van der Waals surface area contributed by atoms with Gasteiger partial charge < -0.3 is 31.5 Å². The fraction of sp³-hybridized carbons (Fsp3) is 0.293. The molecule has 23 nitrogen and oxygen atoms in total. The first-order valence-corrected chi connectivity index (χ1v) is 45.7. The van der Waals surface area contributed by atoms with E-state index in [-0.39, 0.29) is 79.5 Å². The normalized spacial score (nSPS) is 10.8. The van der Waals surface area contributed by atoms with Gasteiger partial charge in [0.15, 0.2) is 0 Å². The van der Waals surface area contributed by atoms with Crippen LogP contribution in [0.25, 0.3) is 33.9 Å². The number of aliphatic carboxylic acids is 1. The minimum Gasteiger partial charge on any atom is -0.481 e. The number of halogens is 5. The van der Waals surface area contributed by atoms with Crippen molar-refractivity contribution in [1.82, 2.24) is 41.2 Å². The molecule has 672 valence electrons. The van der Waals surface area contributed by atoms with Crippen molar-refractivity contribution >= 4 is 182 Å². The number of aromatic nitrogens is 8. The minimum absolute atomic E-state index is 0. The number of amides is 2. The van der Waals surface area contributed by atoms with Gasteiger partial charge in [-0.15, -0.1) is 67.4 Å². The number of tetrazole rings is 2. The van der Waals surface area contributed by atoms with E-state index in [4.69, 9.17) is 20.9 Å². The van der Waals surface area contributed by atoms with E-state index >= 15 is 0 Å². The molecule has 12 aromatic rings. The number of hydrogen-bond donors (Lipinski definition) is 9. The molecule has 35 heteroatoms. The number of thiol groups is 1. The number of carboxylic acids is 1. The predicted molar refractivity (Wildman–Crippen MR) is 536 cm³/mol. The van der Waals surface area contributed by atoms with Crippen molar-refractivity contribution in [3.05, 3.63) is 290 Å². The number of hydrogen-bond acceptors (Lipinski definition) is 21. The first-order valence-electron chi connectivity index (χ1n) is 38.8. The van der Waals surface area contributed by atoms with Gasteiger partial charge >= 0.3 is 18.8 Å². The van der Waals surface area contributed by atoms with Crippen molar-refractivity contribution in [2.75, 3.05) is 16.4 Å². The summed E-state index contributed by atoms with van der Waals surface area (Å²) in [6, 6.07) is 65.2. The van der Waals surface area contributed by atoms with Gasteiger partial charge in [0.05, 0.1) is 45.4 Å². The van der Waals surface area contributed by atoms with Crippen LogP contribution >= 0.6 is 123 Å². The van der Waals surface area contributed by atoms with Crippen LogP contribution in [0.1, 0.15) is 145 Å². The quantitative estimate of drug-likeness (QED) is 0.00962. The number of nitrogens with zero attached hydrogens (tertiary/aromatic N) is 8. The second-order valence-corrected chi connectivity index (χ2v) is 45.2. The molecule has 2 heterocycles. The summed E-state index contributed by atoms with van der Waals surface area (Å²) < 4.78 is 16.2. The van der Waals surface area contributed by atoms with Crippen molar-refractivity contribution in [2.24, 2.45) is 0 Å². The van der Waals surface area contributed by atoms with Crippen molar-refractivity contribution < 1.29 is 63.3 Å². The molecule has 12 rings (SSSR count). The molecule has 0 spiro atoms. The zero-order chi connectivity index (χ0) is 93.3. The molecule has 0 aliphatic carbocycles. The third kappa shape index (κ3) is 45.1. The number of carbonyl (C=O) groups excluding carboxylic acids is 2. The Kier molecular flexibility index (Phi) is 47.6. The van der Waals surface area contributed by atoms with E-state index in [2.05, 4.69) is 230 Å². The second-order valence-electron chi connectivity index (χ2n) is 32.7. The molecule has 0 fully saturated rings. The molecule has 0 saturated heterocycles. The molecule has 0 aliphatic heterocycles. The molecular weight excluding hydrogens is 2020 g/mol. The van der Waals surface area contributed by atoms with E-state index in [1.807, 2.05) is 181 Å². The number of nitro groups is 2. The number of nitrogens with one attached hydrogen (secondary N) is 4. The van der Waals surface area contributed by atoms with Gasteiger partial charge in [0.25, 0.3) is 5.69 Å². The summed E-state index contributed by atoms with van der Waals surface area (Å²) in [5.74, 6) is -0.773. The Morgan fingerprint density at radius 2 is 0.811 bits per heavy atom. The molecule has 0 saturated carbocycles. The van der Waals surface area contributed by atoms with E-state index in [9.17, 15) is 39.0 Å².